The van der Waals surface area contributed by atoms with Gasteiger partial charge in [-0.15, -0.1) is 0 Å². The van der Waals surface area contributed by atoms with E-state index in [9.17, 15) is 4.79 Å². The van der Waals surface area contributed by atoms with Crippen molar-refractivity contribution in [2.75, 3.05) is 19.6 Å². The monoisotopic (exact) mass is 353 g/mol. The maximum Gasteiger partial charge on any atom is 0.270 e. The molecular formula is C16H24BrN3O. The van der Waals surface area contributed by atoms with Crippen molar-refractivity contribution in [3.63, 3.8) is 0 Å². The number of hydrogen-bond donors (Lipinski definition) is 1. The molecule has 0 aromatic carbocycles. The van der Waals surface area contributed by atoms with Gasteiger partial charge in [0.05, 0.1) is 0 Å². The SMILES string of the molecule is CCn1cc(Br)cc1C(=O)N1CCCC(C2CCCN2)C1. The van der Waals surface area contributed by atoms with Crippen LogP contribution >= 0.6 is 15.9 Å². The Hall–Kier alpha value is -0.810. The van der Waals surface area contributed by atoms with Gasteiger partial charge >= 0.3 is 0 Å². The van der Waals surface area contributed by atoms with Crippen molar-refractivity contribution in [1.29, 1.82) is 0 Å². The summed E-state index contributed by atoms with van der Waals surface area (Å²) in [6.45, 7) is 5.84. The van der Waals surface area contributed by atoms with E-state index in [-0.39, 0.29) is 5.91 Å². The number of rotatable bonds is 3. The normalized spacial score (nSPS) is 26.3. The summed E-state index contributed by atoms with van der Waals surface area (Å²) in [4.78, 5) is 14.9. The van der Waals surface area contributed by atoms with Crippen molar-refractivity contribution in [1.82, 2.24) is 14.8 Å². The van der Waals surface area contributed by atoms with E-state index >= 15 is 0 Å². The van der Waals surface area contributed by atoms with Gasteiger partial charge in [-0.3, -0.25) is 4.79 Å². The Morgan fingerprint density at radius 1 is 1.43 bits per heavy atom. The van der Waals surface area contributed by atoms with E-state index in [0.717, 1.165) is 42.8 Å². The number of likely N-dealkylation sites (tertiary alicyclic amines) is 1. The summed E-state index contributed by atoms with van der Waals surface area (Å²) in [7, 11) is 0. The second kappa shape index (κ2) is 6.53. The molecule has 0 bridgehead atoms. The summed E-state index contributed by atoms with van der Waals surface area (Å²) in [6.07, 6.45) is 6.92. The summed E-state index contributed by atoms with van der Waals surface area (Å²) in [5.41, 5.74) is 0.810. The van der Waals surface area contributed by atoms with Gasteiger partial charge in [-0.05, 0) is 67.1 Å². The number of aryl methyl sites for hydroxylation is 1. The molecular weight excluding hydrogens is 330 g/mol. The highest BCUT2D eigenvalue weighted by Crippen LogP contribution is 2.26. The lowest BCUT2D eigenvalue weighted by Gasteiger charge is -2.36. The molecule has 2 unspecified atom stereocenters. The standard InChI is InChI=1S/C16H24BrN3O/c1-2-19-11-13(17)9-15(19)16(21)20-8-4-5-12(10-20)14-6-3-7-18-14/h9,11-12,14,18H,2-8,10H2,1H3. The molecule has 0 aliphatic carbocycles. The van der Waals surface area contributed by atoms with Crippen LogP contribution in [-0.4, -0.2) is 41.1 Å². The maximum absolute atomic E-state index is 12.8. The fourth-order valence-electron chi connectivity index (χ4n) is 3.71. The number of amides is 1. The Morgan fingerprint density at radius 2 is 2.29 bits per heavy atom. The lowest BCUT2D eigenvalue weighted by molar-refractivity contribution is 0.0640. The van der Waals surface area contributed by atoms with E-state index in [1.807, 2.05) is 16.8 Å². The number of carbonyl (C=O) groups is 1. The molecule has 1 N–H and O–H groups in total. The predicted octanol–water partition coefficient (Wildman–Crippen LogP) is 2.87. The molecule has 3 rings (SSSR count). The Morgan fingerprint density at radius 3 is 3.00 bits per heavy atom. The van der Waals surface area contributed by atoms with E-state index in [1.165, 1.54) is 19.3 Å². The van der Waals surface area contributed by atoms with Crippen molar-refractivity contribution in [3.05, 3.63) is 22.4 Å². The van der Waals surface area contributed by atoms with E-state index in [1.54, 1.807) is 0 Å². The highest BCUT2D eigenvalue weighted by molar-refractivity contribution is 9.10. The van der Waals surface area contributed by atoms with E-state index < -0.39 is 0 Å². The van der Waals surface area contributed by atoms with Gasteiger partial charge in [-0.1, -0.05) is 0 Å². The molecule has 2 atom stereocenters. The zero-order valence-corrected chi connectivity index (χ0v) is 14.2. The third-order valence-electron chi connectivity index (χ3n) is 4.84. The van der Waals surface area contributed by atoms with Gasteiger partial charge in [0.1, 0.15) is 5.69 Å². The third kappa shape index (κ3) is 3.19. The van der Waals surface area contributed by atoms with Gasteiger partial charge in [0.15, 0.2) is 0 Å². The Kier molecular flexibility index (Phi) is 4.69. The fourth-order valence-corrected chi connectivity index (χ4v) is 4.18. The first-order valence-corrected chi connectivity index (χ1v) is 8.86. The van der Waals surface area contributed by atoms with Crippen LogP contribution in [0.1, 0.15) is 43.1 Å². The number of piperidine rings is 1. The lowest BCUT2D eigenvalue weighted by atomic mass is 9.89. The number of nitrogens with zero attached hydrogens (tertiary/aromatic N) is 2. The molecule has 116 valence electrons. The number of aromatic nitrogens is 1. The molecule has 4 nitrogen and oxygen atoms in total. The Balaban J connectivity index is 1.71. The zero-order chi connectivity index (χ0) is 14.8. The highest BCUT2D eigenvalue weighted by Gasteiger charge is 2.31. The molecule has 0 radical (unpaired) electrons. The van der Waals surface area contributed by atoms with Crippen LogP contribution in [-0.2, 0) is 6.54 Å². The van der Waals surface area contributed by atoms with Crippen LogP contribution in [0.15, 0.2) is 16.7 Å². The summed E-state index contributed by atoms with van der Waals surface area (Å²) in [5.74, 6) is 0.809. The second-order valence-corrected chi connectivity index (χ2v) is 7.10. The number of carbonyl (C=O) groups excluding carboxylic acids is 1. The first-order valence-electron chi connectivity index (χ1n) is 8.07. The first-order chi connectivity index (χ1) is 10.2. The lowest BCUT2D eigenvalue weighted by Crippen LogP contribution is -2.46. The summed E-state index contributed by atoms with van der Waals surface area (Å²) in [6, 6.07) is 2.56. The van der Waals surface area contributed by atoms with Crippen LogP contribution in [0, 0.1) is 5.92 Å². The molecule has 0 saturated carbocycles. The molecule has 21 heavy (non-hydrogen) atoms. The van der Waals surface area contributed by atoms with Crippen LogP contribution in [0.4, 0.5) is 0 Å². The van der Waals surface area contributed by atoms with Crippen molar-refractivity contribution in [2.45, 2.75) is 45.2 Å². The molecule has 2 saturated heterocycles. The molecule has 2 aliphatic rings. The van der Waals surface area contributed by atoms with Crippen LogP contribution in [0.2, 0.25) is 0 Å². The van der Waals surface area contributed by atoms with Gasteiger partial charge in [-0.25, -0.2) is 0 Å². The Bertz CT molecular complexity index is 508. The van der Waals surface area contributed by atoms with Gasteiger partial charge < -0.3 is 14.8 Å². The van der Waals surface area contributed by atoms with Gasteiger partial charge in [-0.2, -0.15) is 0 Å². The van der Waals surface area contributed by atoms with Crippen LogP contribution in [0.3, 0.4) is 0 Å². The van der Waals surface area contributed by atoms with Crippen LogP contribution in [0.25, 0.3) is 0 Å². The zero-order valence-electron chi connectivity index (χ0n) is 12.6. The Labute approximate surface area is 135 Å². The van der Waals surface area contributed by atoms with Crippen molar-refractivity contribution < 1.29 is 4.79 Å². The number of nitrogens with one attached hydrogen (secondary N) is 1. The summed E-state index contributed by atoms with van der Waals surface area (Å²) >= 11 is 3.48. The molecule has 2 fully saturated rings. The molecule has 5 heteroatoms. The van der Waals surface area contributed by atoms with Gasteiger partial charge in [0.25, 0.3) is 5.91 Å². The molecule has 2 aliphatic heterocycles. The summed E-state index contributed by atoms with van der Waals surface area (Å²) in [5, 5.41) is 3.60. The first kappa shape index (κ1) is 15.1. The maximum atomic E-state index is 12.8. The van der Waals surface area contributed by atoms with Gasteiger partial charge in [0.2, 0.25) is 0 Å². The van der Waals surface area contributed by atoms with E-state index in [4.69, 9.17) is 0 Å². The smallest absolute Gasteiger partial charge is 0.270 e. The fraction of sp³-hybridized carbons (Fsp3) is 0.688. The van der Waals surface area contributed by atoms with E-state index in [0.29, 0.717) is 12.0 Å². The molecule has 1 aromatic rings. The minimum Gasteiger partial charge on any atom is -0.343 e. The van der Waals surface area contributed by atoms with Gasteiger partial charge in [0, 0.05) is 36.3 Å². The topological polar surface area (TPSA) is 37.3 Å². The predicted molar refractivity (Wildman–Crippen MR) is 87.5 cm³/mol. The molecule has 0 spiro atoms. The third-order valence-corrected chi connectivity index (χ3v) is 5.27. The van der Waals surface area contributed by atoms with E-state index in [2.05, 4.69) is 33.1 Å². The van der Waals surface area contributed by atoms with Crippen LogP contribution in [0.5, 0.6) is 0 Å². The number of halogens is 1. The molecule has 3 heterocycles. The molecule has 1 aromatic heterocycles. The minimum absolute atomic E-state index is 0.185. The highest BCUT2D eigenvalue weighted by atomic mass is 79.9. The second-order valence-electron chi connectivity index (χ2n) is 6.19. The quantitative estimate of drug-likeness (QED) is 0.906. The van der Waals surface area contributed by atoms with Crippen LogP contribution < -0.4 is 5.32 Å². The molecule has 1 amide bonds. The van der Waals surface area contributed by atoms with Crippen molar-refractivity contribution in [3.8, 4) is 0 Å². The van der Waals surface area contributed by atoms with Crippen molar-refractivity contribution in [2.24, 2.45) is 5.92 Å². The largest absolute Gasteiger partial charge is 0.343 e. The number of hydrogen-bond acceptors (Lipinski definition) is 2. The average Bonchev–Trinajstić information content (AvgIpc) is 3.15. The minimum atomic E-state index is 0.185. The summed E-state index contributed by atoms with van der Waals surface area (Å²) < 4.78 is 3.02. The average molecular weight is 354 g/mol. The van der Waals surface area contributed by atoms with Crippen molar-refractivity contribution >= 4 is 21.8 Å².